The molecular formula is C19H20FNO. The highest BCUT2D eigenvalue weighted by Gasteiger charge is 2.27. The number of pyridine rings is 1. The molecule has 0 N–H and O–H groups in total. The van der Waals surface area contributed by atoms with E-state index in [1.165, 1.54) is 5.56 Å². The summed E-state index contributed by atoms with van der Waals surface area (Å²) in [7, 11) is 0. The Kier molecular flexibility index (Phi) is 4.62. The zero-order chi connectivity index (χ0) is 15.4. The van der Waals surface area contributed by atoms with Gasteiger partial charge in [-0.3, -0.25) is 14.2 Å². The summed E-state index contributed by atoms with van der Waals surface area (Å²) in [5.74, 6) is 0.124. The van der Waals surface area contributed by atoms with Crippen LogP contribution in [0.1, 0.15) is 46.6 Å². The van der Waals surface area contributed by atoms with Crippen LogP contribution in [0.3, 0.4) is 0 Å². The van der Waals surface area contributed by atoms with Crippen molar-refractivity contribution >= 4 is 5.78 Å². The van der Waals surface area contributed by atoms with Crippen molar-refractivity contribution in [3.8, 4) is 0 Å². The van der Waals surface area contributed by atoms with Gasteiger partial charge in [-0.2, -0.15) is 0 Å². The van der Waals surface area contributed by atoms with E-state index in [1.807, 2.05) is 30.3 Å². The van der Waals surface area contributed by atoms with E-state index in [1.54, 1.807) is 0 Å². The topological polar surface area (TPSA) is 30.0 Å². The van der Waals surface area contributed by atoms with Gasteiger partial charge in [0.2, 0.25) is 0 Å². The molecule has 1 aliphatic rings. The van der Waals surface area contributed by atoms with Crippen molar-refractivity contribution in [1.82, 2.24) is 4.98 Å². The molecule has 22 heavy (non-hydrogen) atoms. The maximum absolute atomic E-state index is 12.4. The molecule has 1 atom stereocenters. The predicted octanol–water partition coefficient (Wildman–Crippen LogP) is 4.17. The van der Waals surface area contributed by atoms with Crippen molar-refractivity contribution in [2.24, 2.45) is 5.92 Å². The van der Waals surface area contributed by atoms with Gasteiger partial charge in [0.05, 0.1) is 12.4 Å². The van der Waals surface area contributed by atoms with E-state index in [0.717, 1.165) is 36.2 Å². The molecule has 0 fully saturated rings. The summed E-state index contributed by atoms with van der Waals surface area (Å²) in [6, 6.07) is 14.1. The third kappa shape index (κ3) is 3.24. The van der Waals surface area contributed by atoms with Gasteiger partial charge < -0.3 is 0 Å². The minimum Gasteiger partial charge on any atom is -0.294 e. The molecular weight excluding hydrogens is 277 g/mol. The van der Waals surface area contributed by atoms with Crippen LogP contribution in [-0.4, -0.2) is 17.4 Å². The number of Topliss-reactive ketones (excluding diaryl/α,β-unsaturated/α-hetero) is 1. The molecule has 114 valence electrons. The summed E-state index contributed by atoms with van der Waals surface area (Å²) in [5.41, 5.74) is 3.87. The number of aryl methyl sites for hydroxylation is 1. The average molecular weight is 297 g/mol. The summed E-state index contributed by atoms with van der Waals surface area (Å²) in [4.78, 5) is 17.1. The van der Waals surface area contributed by atoms with E-state index < -0.39 is 0 Å². The van der Waals surface area contributed by atoms with Crippen molar-refractivity contribution in [1.29, 1.82) is 0 Å². The average Bonchev–Trinajstić information content (AvgIpc) is 2.55. The predicted molar refractivity (Wildman–Crippen MR) is 84.8 cm³/mol. The second kappa shape index (κ2) is 6.82. The Labute approximate surface area is 130 Å². The molecule has 3 rings (SSSR count). The minimum absolute atomic E-state index is 0.0231. The lowest BCUT2D eigenvalue weighted by atomic mass is 9.82. The second-order valence-electron chi connectivity index (χ2n) is 5.89. The molecule has 0 bridgehead atoms. The molecule has 1 aromatic carbocycles. The van der Waals surface area contributed by atoms with Crippen LogP contribution < -0.4 is 0 Å². The molecule has 0 spiro atoms. The number of carbonyl (C=O) groups is 1. The van der Waals surface area contributed by atoms with Gasteiger partial charge in [-0.1, -0.05) is 30.3 Å². The normalized spacial score (nSPS) is 17.3. The molecule has 2 aromatic rings. The minimum atomic E-state index is -0.342. The number of halogens is 1. The number of aromatic nitrogens is 1. The van der Waals surface area contributed by atoms with E-state index >= 15 is 0 Å². The first-order valence-electron chi connectivity index (χ1n) is 7.91. The molecule has 3 heteroatoms. The number of hydrogen-bond acceptors (Lipinski definition) is 2. The van der Waals surface area contributed by atoms with E-state index in [2.05, 4.69) is 17.1 Å². The van der Waals surface area contributed by atoms with Crippen molar-refractivity contribution in [2.75, 3.05) is 6.67 Å². The number of carbonyl (C=O) groups excluding carboxylic acids is 1. The van der Waals surface area contributed by atoms with Crippen molar-refractivity contribution < 1.29 is 9.18 Å². The number of nitrogens with zero attached hydrogens (tertiary/aromatic N) is 1. The molecule has 1 heterocycles. The molecule has 0 saturated carbocycles. The first kappa shape index (κ1) is 14.9. The number of alkyl halides is 1. The van der Waals surface area contributed by atoms with Gasteiger partial charge in [-0.25, -0.2) is 0 Å². The first-order valence-corrected chi connectivity index (χ1v) is 7.91. The maximum atomic E-state index is 12.4. The number of fused-ring (bicyclic) bond motifs is 1. The molecule has 0 radical (unpaired) electrons. The van der Waals surface area contributed by atoms with E-state index in [9.17, 15) is 9.18 Å². The lowest BCUT2D eigenvalue weighted by molar-refractivity contribution is 0.0890. The molecule has 0 amide bonds. The lowest BCUT2D eigenvalue weighted by Crippen LogP contribution is -2.24. The van der Waals surface area contributed by atoms with E-state index in [0.29, 0.717) is 12.8 Å². The highest BCUT2D eigenvalue weighted by molar-refractivity contribution is 5.99. The molecule has 1 aromatic heterocycles. The van der Waals surface area contributed by atoms with Crippen molar-refractivity contribution in [2.45, 2.75) is 32.1 Å². The monoisotopic (exact) mass is 297 g/mol. The van der Waals surface area contributed by atoms with Gasteiger partial charge in [-0.15, -0.1) is 0 Å². The number of rotatable bonds is 5. The zero-order valence-electron chi connectivity index (χ0n) is 12.6. The Hall–Kier alpha value is -2.03. The summed E-state index contributed by atoms with van der Waals surface area (Å²) in [6.45, 7) is -0.342. The van der Waals surface area contributed by atoms with Gasteiger partial charge in [0, 0.05) is 23.6 Å². The highest BCUT2D eigenvalue weighted by atomic mass is 19.1. The number of ketones is 1. The van der Waals surface area contributed by atoms with Gasteiger partial charge in [0.25, 0.3) is 0 Å². The van der Waals surface area contributed by atoms with Crippen molar-refractivity contribution in [3.63, 3.8) is 0 Å². The highest BCUT2D eigenvalue weighted by Crippen LogP contribution is 2.28. The van der Waals surface area contributed by atoms with E-state index in [4.69, 9.17) is 0 Å². The van der Waals surface area contributed by atoms with Crippen LogP contribution in [-0.2, 0) is 12.8 Å². The van der Waals surface area contributed by atoms with Crippen LogP contribution in [0, 0.1) is 5.92 Å². The molecule has 0 saturated heterocycles. The standard InChI is InChI=1S/C19H20FNO/c20-12-4-7-15-8-11-18-17(19(15)22)10-9-16(21-18)13-14-5-2-1-3-6-14/h1-3,5-6,9-10,15H,4,7-8,11-13H2. The third-order valence-corrected chi connectivity index (χ3v) is 4.31. The smallest absolute Gasteiger partial charge is 0.167 e. The summed E-state index contributed by atoms with van der Waals surface area (Å²) < 4.78 is 12.3. The fourth-order valence-corrected chi connectivity index (χ4v) is 3.13. The quantitative estimate of drug-likeness (QED) is 0.829. The van der Waals surface area contributed by atoms with Crippen LogP contribution in [0.5, 0.6) is 0 Å². The Morgan fingerprint density at radius 1 is 1.14 bits per heavy atom. The fourth-order valence-electron chi connectivity index (χ4n) is 3.13. The largest absolute Gasteiger partial charge is 0.294 e. The van der Waals surface area contributed by atoms with Gasteiger partial charge in [0.15, 0.2) is 5.78 Å². The molecule has 2 nitrogen and oxygen atoms in total. The number of benzene rings is 1. The molecule has 1 unspecified atom stereocenters. The van der Waals surface area contributed by atoms with Gasteiger partial charge >= 0.3 is 0 Å². The SMILES string of the molecule is O=C1c2ccc(Cc3ccccc3)nc2CCC1CCCF. The lowest BCUT2D eigenvalue weighted by Gasteiger charge is -2.22. The zero-order valence-corrected chi connectivity index (χ0v) is 12.6. The first-order chi connectivity index (χ1) is 10.8. The van der Waals surface area contributed by atoms with Gasteiger partial charge in [0.1, 0.15) is 0 Å². The summed E-state index contributed by atoms with van der Waals surface area (Å²) >= 11 is 0. The van der Waals surface area contributed by atoms with Crippen LogP contribution >= 0.6 is 0 Å². The van der Waals surface area contributed by atoms with Crippen LogP contribution in [0.25, 0.3) is 0 Å². The molecule has 0 aliphatic heterocycles. The Balaban J connectivity index is 1.76. The Morgan fingerprint density at radius 3 is 2.73 bits per heavy atom. The summed E-state index contributed by atoms with van der Waals surface area (Å²) in [5, 5.41) is 0. The van der Waals surface area contributed by atoms with Crippen molar-refractivity contribution in [3.05, 3.63) is 65.0 Å². The van der Waals surface area contributed by atoms with Crippen LogP contribution in [0.15, 0.2) is 42.5 Å². The summed E-state index contributed by atoms with van der Waals surface area (Å²) in [6.07, 6.45) is 3.54. The van der Waals surface area contributed by atoms with Crippen LogP contribution in [0.2, 0.25) is 0 Å². The Morgan fingerprint density at radius 2 is 1.95 bits per heavy atom. The fraction of sp³-hybridized carbons (Fsp3) is 0.368. The maximum Gasteiger partial charge on any atom is 0.167 e. The van der Waals surface area contributed by atoms with Gasteiger partial charge in [-0.05, 0) is 43.4 Å². The Bertz CT molecular complexity index is 654. The second-order valence-corrected chi connectivity index (χ2v) is 5.89. The van der Waals surface area contributed by atoms with Crippen LogP contribution in [0.4, 0.5) is 4.39 Å². The van der Waals surface area contributed by atoms with E-state index in [-0.39, 0.29) is 18.4 Å². The number of hydrogen-bond donors (Lipinski definition) is 0. The molecule has 1 aliphatic carbocycles. The third-order valence-electron chi connectivity index (χ3n) is 4.31.